The molecule has 0 bridgehead atoms. The van der Waals surface area contributed by atoms with Crippen molar-refractivity contribution in [2.75, 3.05) is 31.6 Å². The number of hydrogen-bond acceptors (Lipinski definition) is 6. The Morgan fingerprint density at radius 1 is 1.27 bits per heavy atom. The van der Waals surface area contributed by atoms with Gasteiger partial charge in [-0.2, -0.15) is 0 Å². The number of rotatable bonds is 3. The van der Waals surface area contributed by atoms with Gasteiger partial charge in [-0.25, -0.2) is 9.97 Å². The molecule has 1 atom stereocenters. The monoisotopic (exact) mass is 304 g/mol. The molecule has 3 heterocycles. The normalized spacial score (nSPS) is 23.0. The Morgan fingerprint density at radius 3 is 2.59 bits per heavy atom. The molecule has 3 rings (SSSR count). The molecule has 7 nitrogen and oxygen atoms in total. The third-order valence-electron chi connectivity index (χ3n) is 4.43. The van der Waals surface area contributed by atoms with Gasteiger partial charge in [-0.05, 0) is 18.9 Å². The van der Waals surface area contributed by atoms with E-state index in [0.717, 1.165) is 31.9 Å². The number of anilines is 1. The average Bonchev–Trinajstić information content (AvgIpc) is 2.97. The lowest BCUT2D eigenvalue weighted by Crippen LogP contribution is -2.46. The van der Waals surface area contributed by atoms with E-state index >= 15 is 0 Å². The van der Waals surface area contributed by atoms with Gasteiger partial charge in [-0.15, -0.1) is 0 Å². The van der Waals surface area contributed by atoms with Gasteiger partial charge in [0.2, 0.25) is 11.9 Å². The fourth-order valence-electron chi connectivity index (χ4n) is 3.24. The van der Waals surface area contributed by atoms with Crippen LogP contribution in [0.25, 0.3) is 0 Å². The van der Waals surface area contributed by atoms with Gasteiger partial charge in [0.25, 0.3) is 0 Å². The molecular weight excluding hydrogens is 284 g/mol. The first-order chi connectivity index (χ1) is 10.7. The number of esters is 1. The van der Waals surface area contributed by atoms with Crippen molar-refractivity contribution < 1.29 is 14.3 Å². The summed E-state index contributed by atoms with van der Waals surface area (Å²) in [5.41, 5.74) is 0. The molecule has 2 aliphatic rings. The fourth-order valence-corrected chi connectivity index (χ4v) is 3.24. The van der Waals surface area contributed by atoms with Crippen LogP contribution in [0.5, 0.6) is 0 Å². The Labute approximate surface area is 129 Å². The molecule has 2 aliphatic heterocycles. The van der Waals surface area contributed by atoms with Gasteiger partial charge in [0.1, 0.15) is 0 Å². The number of hydrogen-bond donors (Lipinski definition) is 0. The number of aromatic nitrogens is 2. The van der Waals surface area contributed by atoms with Crippen LogP contribution in [0.1, 0.15) is 19.3 Å². The Kier molecular flexibility index (Phi) is 4.22. The van der Waals surface area contributed by atoms with Gasteiger partial charge in [0.15, 0.2) is 0 Å². The maximum atomic E-state index is 12.1. The largest absolute Gasteiger partial charge is 0.469 e. The summed E-state index contributed by atoms with van der Waals surface area (Å²) in [6.45, 7) is 2.13. The van der Waals surface area contributed by atoms with Crippen molar-refractivity contribution in [3.05, 3.63) is 18.5 Å². The molecule has 2 saturated heterocycles. The molecule has 2 fully saturated rings. The SMILES string of the molecule is COC(=O)C1CC(=O)N(C2CCN(c3ncccn3)CC2)C1. The zero-order chi connectivity index (χ0) is 15.5. The molecular formula is C15H20N4O3. The van der Waals surface area contributed by atoms with Gasteiger partial charge < -0.3 is 14.5 Å². The maximum absolute atomic E-state index is 12.1. The van der Waals surface area contributed by atoms with Crippen LogP contribution in [-0.2, 0) is 14.3 Å². The first-order valence-electron chi connectivity index (χ1n) is 7.58. The standard InChI is InChI=1S/C15H20N4O3/c1-22-14(21)11-9-13(20)19(10-11)12-3-7-18(8-4-12)15-16-5-2-6-17-15/h2,5-6,11-12H,3-4,7-10H2,1H3. The van der Waals surface area contributed by atoms with Gasteiger partial charge in [-0.1, -0.05) is 0 Å². The zero-order valence-corrected chi connectivity index (χ0v) is 12.6. The van der Waals surface area contributed by atoms with E-state index in [1.807, 2.05) is 4.90 Å². The van der Waals surface area contributed by atoms with E-state index in [0.29, 0.717) is 6.54 Å². The van der Waals surface area contributed by atoms with E-state index in [4.69, 9.17) is 4.74 Å². The molecule has 0 N–H and O–H groups in total. The highest BCUT2D eigenvalue weighted by atomic mass is 16.5. The first-order valence-corrected chi connectivity index (χ1v) is 7.58. The summed E-state index contributed by atoms with van der Waals surface area (Å²) in [4.78, 5) is 36.2. The molecule has 1 unspecified atom stereocenters. The first kappa shape index (κ1) is 14.7. The molecule has 1 amide bonds. The minimum atomic E-state index is -0.312. The quantitative estimate of drug-likeness (QED) is 0.756. The number of amides is 1. The summed E-state index contributed by atoms with van der Waals surface area (Å²) in [6, 6.07) is 1.99. The van der Waals surface area contributed by atoms with Gasteiger partial charge in [0, 0.05) is 44.5 Å². The lowest BCUT2D eigenvalue weighted by molar-refractivity contribution is -0.145. The number of methoxy groups -OCH3 is 1. The Balaban J connectivity index is 1.58. The molecule has 0 saturated carbocycles. The average molecular weight is 304 g/mol. The lowest BCUT2D eigenvalue weighted by Gasteiger charge is -2.36. The number of carbonyl (C=O) groups excluding carboxylic acids is 2. The summed E-state index contributed by atoms with van der Waals surface area (Å²) in [7, 11) is 1.37. The van der Waals surface area contributed by atoms with Crippen LogP contribution >= 0.6 is 0 Å². The summed E-state index contributed by atoms with van der Waals surface area (Å²) < 4.78 is 4.75. The van der Waals surface area contributed by atoms with E-state index in [-0.39, 0.29) is 30.3 Å². The highest BCUT2D eigenvalue weighted by Crippen LogP contribution is 2.27. The maximum Gasteiger partial charge on any atom is 0.310 e. The molecule has 0 radical (unpaired) electrons. The predicted molar refractivity (Wildman–Crippen MR) is 79.1 cm³/mol. The number of piperidine rings is 1. The highest BCUT2D eigenvalue weighted by Gasteiger charge is 2.39. The Hall–Kier alpha value is -2.18. The van der Waals surface area contributed by atoms with Crippen molar-refractivity contribution in [1.29, 1.82) is 0 Å². The van der Waals surface area contributed by atoms with Gasteiger partial charge >= 0.3 is 5.97 Å². The molecule has 118 valence electrons. The smallest absolute Gasteiger partial charge is 0.310 e. The van der Waals surface area contributed by atoms with Crippen LogP contribution in [0.4, 0.5) is 5.95 Å². The number of likely N-dealkylation sites (tertiary alicyclic amines) is 1. The minimum Gasteiger partial charge on any atom is -0.469 e. The van der Waals surface area contributed by atoms with Crippen LogP contribution in [-0.4, -0.2) is 59.5 Å². The topological polar surface area (TPSA) is 75.6 Å². The molecule has 1 aromatic rings. The second-order valence-electron chi connectivity index (χ2n) is 5.74. The summed E-state index contributed by atoms with van der Waals surface area (Å²) >= 11 is 0. The van der Waals surface area contributed by atoms with Crippen LogP contribution in [0.15, 0.2) is 18.5 Å². The number of nitrogens with zero attached hydrogens (tertiary/aromatic N) is 4. The minimum absolute atomic E-state index is 0.0600. The van der Waals surface area contributed by atoms with Crippen LogP contribution < -0.4 is 4.90 Å². The summed E-state index contributed by atoms with van der Waals surface area (Å²) in [5, 5.41) is 0. The number of carbonyl (C=O) groups is 2. The molecule has 0 aromatic carbocycles. The van der Waals surface area contributed by atoms with E-state index in [9.17, 15) is 9.59 Å². The fraction of sp³-hybridized carbons (Fsp3) is 0.600. The molecule has 0 aliphatic carbocycles. The third kappa shape index (κ3) is 2.88. The zero-order valence-electron chi connectivity index (χ0n) is 12.6. The Bertz CT molecular complexity index is 543. The van der Waals surface area contributed by atoms with Crippen LogP contribution in [0.2, 0.25) is 0 Å². The third-order valence-corrected chi connectivity index (χ3v) is 4.43. The molecule has 0 spiro atoms. The van der Waals surface area contributed by atoms with E-state index in [1.54, 1.807) is 18.5 Å². The van der Waals surface area contributed by atoms with Crippen molar-refractivity contribution in [2.45, 2.75) is 25.3 Å². The second kappa shape index (κ2) is 6.29. The van der Waals surface area contributed by atoms with Crippen molar-refractivity contribution in [2.24, 2.45) is 5.92 Å². The molecule has 1 aromatic heterocycles. The van der Waals surface area contributed by atoms with E-state index in [1.165, 1.54) is 7.11 Å². The Morgan fingerprint density at radius 2 is 1.95 bits per heavy atom. The van der Waals surface area contributed by atoms with Crippen molar-refractivity contribution in [3.8, 4) is 0 Å². The van der Waals surface area contributed by atoms with Crippen molar-refractivity contribution in [3.63, 3.8) is 0 Å². The van der Waals surface area contributed by atoms with Crippen LogP contribution in [0.3, 0.4) is 0 Å². The van der Waals surface area contributed by atoms with E-state index < -0.39 is 0 Å². The van der Waals surface area contributed by atoms with Crippen LogP contribution in [0, 0.1) is 5.92 Å². The van der Waals surface area contributed by atoms with Crippen molar-refractivity contribution in [1.82, 2.24) is 14.9 Å². The van der Waals surface area contributed by atoms with Gasteiger partial charge in [-0.3, -0.25) is 9.59 Å². The highest BCUT2D eigenvalue weighted by molar-refractivity contribution is 5.87. The number of ether oxygens (including phenoxy) is 1. The molecule has 22 heavy (non-hydrogen) atoms. The second-order valence-corrected chi connectivity index (χ2v) is 5.74. The van der Waals surface area contributed by atoms with E-state index in [2.05, 4.69) is 14.9 Å². The lowest BCUT2D eigenvalue weighted by atomic mass is 10.0. The molecule has 7 heteroatoms. The summed E-state index contributed by atoms with van der Waals surface area (Å²) in [6.07, 6.45) is 5.49. The van der Waals surface area contributed by atoms with Gasteiger partial charge in [0.05, 0.1) is 13.0 Å². The summed E-state index contributed by atoms with van der Waals surface area (Å²) in [5.74, 6) is 0.199. The van der Waals surface area contributed by atoms with Crippen molar-refractivity contribution >= 4 is 17.8 Å². The predicted octanol–water partition coefficient (Wildman–Crippen LogP) is 0.467.